The van der Waals surface area contributed by atoms with Gasteiger partial charge in [-0.15, -0.1) is 0 Å². The van der Waals surface area contributed by atoms with Crippen molar-refractivity contribution in [2.75, 3.05) is 0 Å². The fourth-order valence-electron chi connectivity index (χ4n) is 15.5. The van der Waals surface area contributed by atoms with Gasteiger partial charge in [0.2, 0.25) is 0 Å². The van der Waals surface area contributed by atoms with E-state index in [0.29, 0.717) is 0 Å². The normalized spacial score (nSPS) is 12.4. The van der Waals surface area contributed by atoms with Crippen molar-refractivity contribution in [1.29, 1.82) is 0 Å². The summed E-state index contributed by atoms with van der Waals surface area (Å²) in [5.41, 5.74) is 24.0. The second-order valence-corrected chi connectivity index (χ2v) is 29.0. The number of hydrogen-bond donors (Lipinski definition) is 0. The first-order valence-electron chi connectivity index (χ1n) is 32.7. The van der Waals surface area contributed by atoms with Gasteiger partial charge in [0.1, 0.15) is 11.2 Å². The quantitative estimate of drug-likeness (QED) is 0.125. The van der Waals surface area contributed by atoms with Crippen LogP contribution in [-0.2, 0) is 0 Å². The standard InChI is InChI=1S/C92H57NOSi/c1-3-19-75(20-4-1)95(76-21-5-2-6-22-76)91-58-73(72-48-54-90-86(57-72)81-25-11-12-28-89(81)94-90)45-50-82(91)83-51-49-74(59-92(83)95)93-87-52-46-70(64-33-29-60(30-34-64)62-37-41-68(42-38-62)79-26-13-17-66-15-7-9-23-77(66)79)55-84(87)85-56-71(47-53-88(85)93)65-35-31-61(32-36-65)63-39-43-69(44-40-63)80-27-14-18-67-16-8-10-24-78(67)80/h1-39,41-43,45-59H. The number of nitrogens with zero attached hydrogens (tertiary/aromatic N) is 1. The van der Waals surface area contributed by atoms with Crippen LogP contribution in [0.2, 0.25) is 0 Å². The van der Waals surface area contributed by atoms with E-state index in [1.807, 2.05) is 6.07 Å². The van der Waals surface area contributed by atoms with E-state index in [4.69, 9.17) is 4.42 Å². The molecule has 0 fully saturated rings. The van der Waals surface area contributed by atoms with Gasteiger partial charge in [-0.05, 0) is 187 Å². The van der Waals surface area contributed by atoms with Crippen molar-refractivity contribution in [3.63, 3.8) is 0 Å². The molecule has 0 atom stereocenters. The van der Waals surface area contributed by atoms with Crippen molar-refractivity contribution in [1.82, 2.24) is 4.57 Å². The summed E-state index contributed by atoms with van der Waals surface area (Å²) in [6.07, 6.45) is 0. The van der Waals surface area contributed by atoms with Gasteiger partial charge in [-0.1, -0.05) is 291 Å². The lowest BCUT2D eigenvalue weighted by Gasteiger charge is -2.32. The maximum atomic E-state index is 6.34. The second-order valence-electron chi connectivity index (χ2n) is 25.3. The first kappa shape index (κ1) is 54.4. The van der Waals surface area contributed by atoms with Crippen LogP contribution in [0.4, 0.5) is 0 Å². The molecule has 95 heavy (non-hydrogen) atoms. The average Bonchev–Trinajstić information content (AvgIpc) is 1.59. The van der Waals surface area contributed by atoms with Crippen molar-refractivity contribution in [3.8, 4) is 94.7 Å². The number of para-hydroxylation sites is 1. The number of fused-ring (bicyclic) bond motifs is 11. The molecular formula is C92H57NOSi. The third-order valence-electron chi connectivity index (χ3n) is 20.2. The van der Waals surface area contributed by atoms with Gasteiger partial charge < -0.3 is 8.98 Å². The zero-order valence-electron chi connectivity index (χ0n) is 51.8. The first-order chi connectivity index (χ1) is 47.1. The fraction of sp³-hybridized carbons (Fsp3) is 0. The van der Waals surface area contributed by atoms with E-state index in [1.165, 1.54) is 109 Å². The van der Waals surface area contributed by atoms with Gasteiger partial charge in [-0.2, -0.15) is 0 Å². The summed E-state index contributed by atoms with van der Waals surface area (Å²) < 4.78 is 8.86. The topological polar surface area (TPSA) is 18.1 Å². The SMILES string of the molecule is c1c(-c2ccc(-c3ccc4c(c3)c3cc(-c5ccc(-c6ccc(-c7cccc8ccccc78)cc6)cc5)ccc3n4-c3ccc4c(c3)[Si](c3ccccc3)(c3ccccc3)c3cc(-c5ccc6oc7ccccc7c6c5)ccc3-4)cc2)ccc(-c2cccc3ccccc23)c#1. The Morgan fingerprint density at radius 1 is 0.242 bits per heavy atom. The third kappa shape index (κ3) is 8.88. The molecule has 2 aromatic heterocycles. The van der Waals surface area contributed by atoms with Crippen LogP contribution in [0.5, 0.6) is 0 Å². The first-order valence-corrected chi connectivity index (χ1v) is 34.7. The largest absolute Gasteiger partial charge is 0.456 e. The molecule has 18 aromatic rings. The average molecular weight is 1220 g/mol. The molecule has 3 heterocycles. The number of hydrogen-bond acceptors (Lipinski definition) is 1. The van der Waals surface area contributed by atoms with Gasteiger partial charge in [0, 0.05) is 38.4 Å². The highest BCUT2D eigenvalue weighted by Gasteiger charge is 2.49. The van der Waals surface area contributed by atoms with Crippen LogP contribution < -0.4 is 20.7 Å². The summed E-state index contributed by atoms with van der Waals surface area (Å²) in [5, 5.41) is 15.1. The molecule has 19 rings (SSSR count). The molecule has 0 bridgehead atoms. The van der Waals surface area contributed by atoms with E-state index in [-0.39, 0.29) is 0 Å². The molecule has 2 nitrogen and oxygen atoms in total. The Hall–Kier alpha value is -12.3. The number of benzene rings is 15. The van der Waals surface area contributed by atoms with Gasteiger partial charge >= 0.3 is 0 Å². The Kier molecular flexibility index (Phi) is 12.6. The maximum absolute atomic E-state index is 6.34. The van der Waals surface area contributed by atoms with Crippen LogP contribution >= 0.6 is 0 Å². The van der Waals surface area contributed by atoms with E-state index < -0.39 is 8.07 Å². The van der Waals surface area contributed by atoms with E-state index in [1.54, 1.807) is 0 Å². The Morgan fingerprint density at radius 2 is 0.663 bits per heavy atom. The Morgan fingerprint density at radius 3 is 1.28 bits per heavy atom. The zero-order valence-corrected chi connectivity index (χ0v) is 52.8. The molecular weight excluding hydrogens is 1160 g/mol. The molecule has 0 aliphatic carbocycles. The van der Waals surface area contributed by atoms with Crippen LogP contribution in [-0.4, -0.2) is 12.6 Å². The summed E-state index contributed by atoms with van der Waals surface area (Å²) >= 11 is 0. The maximum Gasteiger partial charge on any atom is 0.180 e. The summed E-state index contributed by atoms with van der Waals surface area (Å²) in [4.78, 5) is 0. The molecule has 0 unspecified atom stereocenters. The molecule has 0 saturated carbocycles. The smallest absolute Gasteiger partial charge is 0.180 e. The Bertz CT molecular complexity index is 5770. The molecule has 0 radical (unpaired) electrons. The van der Waals surface area contributed by atoms with Gasteiger partial charge in [0.15, 0.2) is 8.07 Å². The molecule has 440 valence electrons. The molecule has 0 amide bonds. The van der Waals surface area contributed by atoms with Gasteiger partial charge in [-0.3, -0.25) is 0 Å². The monoisotopic (exact) mass is 1220 g/mol. The second kappa shape index (κ2) is 21.9. The third-order valence-corrected chi connectivity index (χ3v) is 25.0. The van der Waals surface area contributed by atoms with Gasteiger partial charge in [-0.25, -0.2) is 0 Å². The van der Waals surface area contributed by atoms with Crippen LogP contribution in [0, 0.1) is 12.1 Å². The highest BCUT2D eigenvalue weighted by molar-refractivity contribution is 7.22. The minimum Gasteiger partial charge on any atom is -0.456 e. The van der Waals surface area contributed by atoms with E-state index in [0.717, 1.165) is 72.0 Å². The van der Waals surface area contributed by atoms with Crippen molar-refractivity contribution in [2.24, 2.45) is 0 Å². The van der Waals surface area contributed by atoms with Gasteiger partial charge in [0.05, 0.1) is 11.0 Å². The summed E-state index contributed by atoms with van der Waals surface area (Å²) in [6, 6.07) is 135. The predicted octanol–water partition coefficient (Wildman–Crippen LogP) is 21.6. The molecule has 0 saturated heterocycles. The molecule has 3 heteroatoms. The Balaban J connectivity index is 0.737. The highest BCUT2D eigenvalue weighted by atomic mass is 28.3. The van der Waals surface area contributed by atoms with E-state index >= 15 is 0 Å². The number of furan rings is 1. The molecule has 0 N–H and O–H groups in total. The van der Waals surface area contributed by atoms with Crippen LogP contribution in [0.1, 0.15) is 0 Å². The summed E-state index contributed by atoms with van der Waals surface area (Å²) in [5.74, 6) is 0. The minimum absolute atomic E-state index is 0.901. The summed E-state index contributed by atoms with van der Waals surface area (Å²) in [7, 11) is -3.01. The summed E-state index contributed by atoms with van der Waals surface area (Å²) in [6.45, 7) is 0. The van der Waals surface area contributed by atoms with Crippen molar-refractivity contribution in [2.45, 2.75) is 0 Å². The lowest BCUT2D eigenvalue weighted by atomic mass is 9.95. The fourth-order valence-corrected chi connectivity index (χ4v) is 20.8. The van der Waals surface area contributed by atoms with Crippen molar-refractivity contribution >= 4 is 94.1 Å². The minimum atomic E-state index is -3.01. The Labute approximate surface area is 552 Å². The lowest BCUT2D eigenvalue weighted by Crippen LogP contribution is -2.72. The van der Waals surface area contributed by atoms with Crippen LogP contribution in [0.15, 0.2) is 350 Å². The lowest BCUT2D eigenvalue weighted by molar-refractivity contribution is 0.669. The van der Waals surface area contributed by atoms with Crippen molar-refractivity contribution < 1.29 is 4.42 Å². The van der Waals surface area contributed by atoms with E-state index in [2.05, 4.69) is 356 Å². The zero-order chi connectivity index (χ0) is 62.6. The van der Waals surface area contributed by atoms with Crippen LogP contribution in [0.25, 0.3) is 160 Å². The number of aromatic nitrogens is 1. The van der Waals surface area contributed by atoms with Gasteiger partial charge in [0.25, 0.3) is 0 Å². The van der Waals surface area contributed by atoms with E-state index in [9.17, 15) is 0 Å². The van der Waals surface area contributed by atoms with Crippen molar-refractivity contribution in [3.05, 3.63) is 358 Å². The molecule has 1 aliphatic heterocycles. The highest BCUT2D eigenvalue weighted by Crippen LogP contribution is 2.42. The van der Waals surface area contributed by atoms with Crippen LogP contribution in [0.3, 0.4) is 0 Å². The molecule has 16 aromatic carbocycles. The number of rotatable bonds is 10. The molecule has 1 aliphatic rings. The molecule has 0 spiro atoms. The predicted molar refractivity (Wildman–Crippen MR) is 401 cm³/mol.